The zero-order valence-corrected chi connectivity index (χ0v) is 9.76. The van der Waals surface area contributed by atoms with Crippen molar-refractivity contribution in [1.82, 2.24) is 10.2 Å². The van der Waals surface area contributed by atoms with Gasteiger partial charge in [-0.1, -0.05) is 13.3 Å². The number of hydrogen-bond donors (Lipinski definition) is 1. The Morgan fingerprint density at radius 1 is 1.31 bits per heavy atom. The Morgan fingerprint density at radius 2 is 2.06 bits per heavy atom. The SMILES string of the molecule is CCCc1ccc(N2CCC(O)CC2)nn1. The molecule has 0 aromatic carbocycles. The third kappa shape index (κ3) is 2.70. The molecule has 4 nitrogen and oxygen atoms in total. The van der Waals surface area contributed by atoms with E-state index in [0.717, 1.165) is 50.3 Å². The molecule has 1 fully saturated rings. The molecule has 1 saturated heterocycles. The molecule has 1 aromatic heterocycles. The van der Waals surface area contributed by atoms with Crippen LogP contribution in [-0.4, -0.2) is 34.5 Å². The molecule has 0 unspecified atom stereocenters. The van der Waals surface area contributed by atoms with E-state index in [0.29, 0.717) is 0 Å². The summed E-state index contributed by atoms with van der Waals surface area (Å²) in [6, 6.07) is 4.09. The van der Waals surface area contributed by atoms with Crippen molar-refractivity contribution in [3.05, 3.63) is 17.8 Å². The first-order valence-electron chi connectivity index (χ1n) is 6.05. The van der Waals surface area contributed by atoms with Crippen LogP contribution in [0.2, 0.25) is 0 Å². The van der Waals surface area contributed by atoms with Gasteiger partial charge in [0, 0.05) is 13.1 Å². The fourth-order valence-corrected chi connectivity index (χ4v) is 2.01. The standard InChI is InChI=1S/C12H19N3O/c1-2-3-10-4-5-12(14-13-10)15-8-6-11(16)7-9-15/h4-5,11,16H,2-3,6-9H2,1H3. The monoisotopic (exact) mass is 221 g/mol. The molecule has 0 aliphatic carbocycles. The van der Waals surface area contributed by atoms with Gasteiger partial charge in [0.25, 0.3) is 0 Å². The number of hydrogen-bond acceptors (Lipinski definition) is 4. The summed E-state index contributed by atoms with van der Waals surface area (Å²) in [6.45, 7) is 3.90. The predicted octanol–water partition coefficient (Wildman–Crippen LogP) is 1.39. The molecule has 88 valence electrons. The van der Waals surface area contributed by atoms with Crippen molar-refractivity contribution in [2.45, 2.75) is 38.7 Å². The van der Waals surface area contributed by atoms with E-state index in [-0.39, 0.29) is 6.10 Å². The van der Waals surface area contributed by atoms with E-state index >= 15 is 0 Å². The van der Waals surface area contributed by atoms with E-state index in [1.165, 1.54) is 0 Å². The lowest BCUT2D eigenvalue weighted by Gasteiger charge is -2.30. The van der Waals surface area contributed by atoms with Crippen LogP contribution in [0.4, 0.5) is 5.82 Å². The van der Waals surface area contributed by atoms with Gasteiger partial charge in [0.1, 0.15) is 0 Å². The molecule has 2 rings (SSSR count). The van der Waals surface area contributed by atoms with Gasteiger partial charge in [-0.3, -0.25) is 0 Å². The van der Waals surface area contributed by atoms with E-state index < -0.39 is 0 Å². The smallest absolute Gasteiger partial charge is 0.151 e. The maximum absolute atomic E-state index is 9.43. The van der Waals surface area contributed by atoms with Crippen LogP contribution in [0.15, 0.2) is 12.1 Å². The zero-order valence-electron chi connectivity index (χ0n) is 9.76. The number of piperidine rings is 1. The molecule has 4 heteroatoms. The Hall–Kier alpha value is -1.16. The lowest BCUT2D eigenvalue weighted by molar-refractivity contribution is 0.145. The van der Waals surface area contributed by atoms with Crippen LogP contribution in [0.1, 0.15) is 31.9 Å². The molecule has 0 radical (unpaired) electrons. The molecule has 16 heavy (non-hydrogen) atoms. The van der Waals surface area contributed by atoms with Crippen molar-refractivity contribution in [3.8, 4) is 0 Å². The van der Waals surface area contributed by atoms with Gasteiger partial charge in [-0.15, -0.1) is 5.10 Å². The average Bonchev–Trinajstić information content (AvgIpc) is 2.32. The van der Waals surface area contributed by atoms with Crippen molar-refractivity contribution in [1.29, 1.82) is 0 Å². The van der Waals surface area contributed by atoms with Crippen molar-refractivity contribution in [3.63, 3.8) is 0 Å². The summed E-state index contributed by atoms with van der Waals surface area (Å²) in [5, 5.41) is 17.9. The van der Waals surface area contributed by atoms with E-state index in [1.807, 2.05) is 6.07 Å². The lowest BCUT2D eigenvalue weighted by Crippen LogP contribution is -2.36. The van der Waals surface area contributed by atoms with Crippen LogP contribution < -0.4 is 4.90 Å². The highest BCUT2D eigenvalue weighted by Gasteiger charge is 2.18. The quantitative estimate of drug-likeness (QED) is 0.838. The molecular weight excluding hydrogens is 202 g/mol. The number of aryl methyl sites for hydroxylation is 1. The highest BCUT2D eigenvalue weighted by Crippen LogP contribution is 2.17. The van der Waals surface area contributed by atoms with Crippen molar-refractivity contribution < 1.29 is 5.11 Å². The van der Waals surface area contributed by atoms with Crippen LogP contribution in [0, 0.1) is 0 Å². The maximum atomic E-state index is 9.43. The molecule has 1 N–H and O–H groups in total. The highest BCUT2D eigenvalue weighted by atomic mass is 16.3. The molecule has 1 aliphatic rings. The van der Waals surface area contributed by atoms with E-state index in [4.69, 9.17) is 0 Å². The Morgan fingerprint density at radius 3 is 2.62 bits per heavy atom. The lowest BCUT2D eigenvalue weighted by atomic mass is 10.1. The predicted molar refractivity (Wildman–Crippen MR) is 63.5 cm³/mol. The number of anilines is 1. The fourth-order valence-electron chi connectivity index (χ4n) is 2.01. The molecule has 0 bridgehead atoms. The molecule has 0 spiro atoms. The highest BCUT2D eigenvalue weighted by molar-refractivity contribution is 5.37. The summed E-state index contributed by atoms with van der Waals surface area (Å²) in [5.74, 6) is 0.937. The number of aliphatic hydroxyl groups is 1. The normalized spacial score (nSPS) is 17.8. The zero-order chi connectivity index (χ0) is 11.4. The molecule has 1 aromatic rings. The van der Waals surface area contributed by atoms with Crippen LogP contribution in [0.5, 0.6) is 0 Å². The second kappa shape index (κ2) is 5.25. The third-order valence-corrected chi connectivity index (χ3v) is 3.00. The summed E-state index contributed by atoms with van der Waals surface area (Å²) in [5.41, 5.74) is 1.06. The summed E-state index contributed by atoms with van der Waals surface area (Å²) >= 11 is 0. The Balaban J connectivity index is 1.98. The van der Waals surface area contributed by atoms with Gasteiger partial charge in [0.15, 0.2) is 5.82 Å². The fraction of sp³-hybridized carbons (Fsp3) is 0.667. The molecule has 0 saturated carbocycles. The summed E-state index contributed by atoms with van der Waals surface area (Å²) < 4.78 is 0. The van der Waals surface area contributed by atoms with Crippen LogP contribution in [0.3, 0.4) is 0 Å². The minimum atomic E-state index is -0.136. The summed E-state index contributed by atoms with van der Waals surface area (Å²) in [4.78, 5) is 2.19. The maximum Gasteiger partial charge on any atom is 0.151 e. The summed E-state index contributed by atoms with van der Waals surface area (Å²) in [6.07, 6.45) is 3.62. The Labute approximate surface area is 96.3 Å². The molecule has 2 heterocycles. The topological polar surface area (TPSA) is 49.2 Å². The van der Waals surface area contributed by atoms with Gasteiger partial charge in [0.05, 0.1) is 11.8 Å². The average molecular weight is 221 g/mol. The van der Waals surface area contributed by atoms with Gasteiger partial charge in [-0.05, 0) is 31.4 Å². The Kier molecular flexibility index (Phi) is 3.72. The molecular formula is C12H19N3O. The molecule has 0 amide bonds. The first-order chi connectivity index (χ1) is 7.79. The van der Waals surface area contributed by atoms with Gasteiger partial charge >= 0.3 is 0 Å². The largest absolute Gasteiger partial charge is 0.393 e. The number of nitrogens with zero attached hydrogens (tertiary/aromatic N) is 3. The second-order valence-corrected chi connectivity index (χ2v) is 4.35. The van der Waals surface area contributed by atoms with Crippen LogP contribution in [-0.2, 0) is 6.42 Å². The van der Waals surface area contributed by atoms with E-state index in [9.17, 15) is 5.11 Å². The Bertz CT molecular complexity index is 318. The van der Waals surface area contributed by atoms with Crippen LogP contribution in [0.25, 0.3) is 0 Å². The number of rotatable bonds is 3. The van der Waals surface area contributed by atoms with Crippen molar-refractivity contribution >= 4 is 5.82 Å². The number of aliphatic hydroxyl groups excluding tert-OH is 1. The molecule has 1 aliphatic heterocycles. The van der Waals surface area contributed by atoms with Crippen molar-refractivity contribution in [2.24, 2.45) is 0 Å². The second-order valence-electron chi connectivity index (χ2n) is 4.35. The van der Waals surface area contributed by atoms with E-state index in [1.54, 1.807) is 0 Å². The third-order valence-electron chi connectivity index (χ3n) is 3.00. The van der Waals surface area contributed by atoms with E-state index in [2.05, 4.69) is 28.1 Å². The first-order valence-corrected chi connectivity index (χ1v) is 6.05. The van der Waals surface area contributed by atoms with Crippen molar-refractivity contribution in [2.75, 3.05) is 18.0 Å². The number of aromatic nitrogens is 2. The van der Waals surface area contributed by atoms with Gasteiger partial charge in [0.2, 0.25) is 0 Å². The molecule has 0 atom stereocenters. The van der Waals surface area contributed by atoms with Crippen LogP contribution >= 0.6 is 0 Å². The van der Waals surface area contributed by atoms with Gasteiger partial charge in [-0.25, -0.2) is 0 Å². The van der Waals surface area contributed by atoms with Gasteiger partial charge in [-0.2, -0.15) is 5.10 Å². The first kappa shape index (κ1) is 11.3. The van der Waals surface area contributed by atoms with Gasteiger partial charge < -0.3 is 10.0 Å². The minimum absolute atomic E-state index is 0.136. The summed E-state index contributed by atoms with van der Waals surface area (Å²) in [7, 11) is 0. The minimum Gasteiger partial charge on any atom is -0.393 e.